The van der Waals surface area contributed by atoms with Crippen LogP contribution >= 0.6 is 0 Å². The summed E-state index contributed by atoms with van der Waals surface area (Å²) in [6, 6.07) is 4.15. The molecule has 1 saturated heterocycles. The largest absolute Gasteiger partial charge is 0.464 e. The standard InChI is InChI=1S/C16H24N2O3/c1-10-6-12(10)15-5-4-11(21-15)7-18(3)16(19)13-8-20-9-14(13)17-2/h4-5,10,12-14,17H,6-9H2,1-3H3. The molecule has 2 heterocycles. The molecule has 21 heavy (non-hydrogen) atoms. The number of carbonyl (C=O) groups excluding carboxylic acids is 1. The van der Waals surface area contributed by atoms with Crippen LogP contribution in [-0.4, -0.2) is 44.2 Å². The van der Waals surface area contributed by atoms with Crippen LogP contribution in [0, 0.1) is 11.8 Å². The van der Waals surface area contributed by atoms with Gasteiger partial charge in [-0.25, -0.2) is 0 Å². The van der Waals surface area contributed by atoms with Gasteiger partial charge in [-0.1, -0.05) is 6.92 Å². The zero-order chi connectivity index (χ0) is 15.0. The second-order valence-corrected chi connectivity index (χ2v) is 6.36. The van der Waals surface area contributed by atoms with Crippen molar-refractivity contribution in [2.75, 3.05) is 27.3 Å². The van der Waals surface area contributed by atoms with Crippen molar-refractivity contribution in [2.45, 2.75) is 31.8 Å². The summed E-state index contributed by atoms with van der Waals surface area (Å²) >= 11 is 0. The average Bonchev–Trinajstić information content (AvgIpc) is 2.92. The van der Waals surface area contributed by atoms with Gasteiger partial charge in [-0.2, -0.15) is 0 Å². The fraction of sp³-hybridized carbons (Fsp3) is 0.688. The van der Waals surface area contributed by atoms with Crippen LogP contribution in [0.1, 0.15) is 30.8 Å². The van der Waals surface area contributed by atoms with E-state index in [0.717, 1.165) is 17.4 Å². The van der Waals surface area contributed by atoms with E-state index >= 15 is 0 Å². The van der Waals surface area contributed by atoms with Gasteiger partial charge in [0.1, 0.15) is 11.5 Å². The number of hydrogen-bond acceptors (Lipinski definition) is 4. The summed E-state index contributed by atoms with van der Waals surface area (Å²) in [7, 11) is 3.70. The number of likely N-dealkylation sites (N-methyl/N-ethyl adjacent to an activating group) is 1. The summed E-state index contributed by atoms with van der Waals surface area (Å²) in [5.41, 5.74) is 0. The van der Waals surface area contributed by atoms with Gasteiger partial charge in [0.05, 0.1) is 25.7 Å². The highest BCUT2D eigenvalue weighted by molar-refractivity contribution is 5.79. The molecule has 1 amide bonds. The first-order valence-corrected chi connectivity index (χ1v) is 7.68. The molecule has 1 aromatic heterocycles. The molecule has 1 aliphatic carbocycles. The average molecular weight is 292 g/mol. The summed E-state index contributed by atoms with van der Waals surface area (Å²) in [4.78, 5) is 14.2. The van der Waals surface area contributed by atoms with E-state index in [1.165, 1.54) is 6.42 Å². The van der Waals surface area contributed by atoms with E-state index in [1.54, 1.807) is 4.90 Å². The maximum absolute atomic E-state index is 12.5. The molecule has 5 heteroatoms. The SMILES string of the molecule is CNC1COCC1C(=O)N(C)Cc1ccc(C2CC2C)o1. The van der Waals surface area contributed by atoms with Crippen molar-refractivity contribution in [2.24, 2.45) is 11.8 Å². The summed E-state index contributed by atoms with van der Waals surface area (Å²) < 4.78 is 11.3. The molecule has 5 nitrogen and oxygen atoms in total. The molecule has 1 N–H and O–H groups in total. The molecule has 2 aliphatic rings. The molecule has 1 aromatic rings. The lowest BCUT2D eigenvalue weighted by molar-refractivity contribution is -0.135. The summed E-state index contributed by atoms with van der Waals surface area (Å²) in [6.45, 7) is 3.86. The Hall–Kier alpha value is -1.33. The molecular weight excluding hydrogens is 268 g/mol. The van der Waals surface area contributed by atoms with E-state index in [4.69, 9.17) is 9.15 Å². The first-order valence-electron chi connectivity index (χ1n) is 7.68. The van der Waals surface area contributed by atoms with Crippen LogP contribution < -0.4 is 5.32 Å². The molecule has 1 saturated carbocycles. The quantitative estimate of drug-likeness (QED) is 0.895. The Labute approximate surface area is 125 Å². The fourth-order valence-electron chi connectivity index (χ4n) is 3.07. The van der Waals surface area contributed by atoms with Gasteiger partial charge in [0.15, 0.2) is 0 Å². The van der Waals surface area contributed by atoms with Crippen molar-refractivity contribution < 1.29 is 13.9 Å². The summed E-state index contributed by atoms with van der Waals surface area (Å²) in [6.07, 6.45) is 1.21. The fourth-order valence-corrected chi connectivity index (χ4v) is 3.07. The Balaban J connectivity index is 1.59. The number of rotatable bonds is 5. The number of nitrogens with zero attached hydrogens (tertiary/aromatic N) is 1. The van der Waals surface area contributed by atoms with Gasteiger partial charge in [0.25, 0.3) is 0 Å². The van der Waals surface area contributed by atoms with Gasteiger partial charge >= 0.3 is 0 Å². The third-order valence-electron chi connectivity index (χ3n) is 4.70. The van der Waals surface area contributed by atoms with Crippen LogP contribution in [0.3, 0.4) is 0 Å². The topological polar surface area (TPSA) is 54.7 Å². The van der Waals surface area contributed by atoms with Crippen molar-refractivity contribution in [3.05, 3.63) is 23.7 Å². The lowest BCUT2D eigenvalue weighted by Gasteiger charge is -2.22. The van der Waals surface area contributed by atoms with Gasteiger partial charge in [0.2, 0.25) is 5.91 Å². The van der Waals surface area contributed by atoms with Crippen molar-refractivity contribution in [1.82, 2.24) is 10.2 Å². The maximum atomic E-state index is 12.5. The van der Waals surface area contributed by atoms with Gasteiger partial charge in [0, 0.05) is 19.0 Å². The van der Waals surface area contributed by atoms with E-state index in [9.17, 15) is 4.79 Å². The zero-order valence-electron chi connectivity index (χ0n) is 13.0. The first kappa shape index (κ1) is 14.6. The number of amides is 1. The minimum Gasteiger partial charge on any atom is -0.464 e. The molecule has 116 valence electrons. The predicted molar refractivity (Wildman–Crippen MR) is 78.9 cm³/mol. The normalized spacial score (nSPS) is 31.4. The zero-order valence-corrected chi connectivity index (χ0v) is 13.0. The van der Waals surface area contributed by atoms with Crippen LogP contribution in [0.15, 0.2) is 16.5 Å². The lowest BCUT2D eigenvalue weighted by atomic mass is 10.0. The lowest BCUT2D eigenvalue weighted by Crippen LogP contribution is -2.43. The number of hydrogen-bond donors (Lipinski definition) is 1. The van der Waals surface area contributed by atoms with E-state index in [1.807, 2.05) is 20.2 Å². The van der Waals surface area contributed by atoms with Gasteiger partial charge < -0.3 is 19.4 Å². The van der Waals surface area contributed by atoms with Crippen LogP contribution in [0.2, 0.25) is 0 Å². The molecule has 0 aromatic carbocycles. The van der Waals surface area contributed by atoms with Crippen LogP contribution in [0.4, 0.5) is 0 Å². The second kappa shape index (κ2) is 5.81. The molecule has 0 bridgehead atoms. The van der Waals surface area contributed by atoms with E-state index in [2.05, 4.69) is 18.3 Å². The third-order valence-corrected chi connectivity index (χ3v) is 4.70. The van der Waals surface area contributed by atoms with Gasteiger partial charge in [-0.15, -0.1) is 0 Å². The Morgan fingerprint density at radius 2 is 2.19 bits per heavy atom. The molecule has 3 rings (SSSR count). The minimum absolute atomic E-state index is 0.0992. The van der Waals surface area contributed by atoms with E-state index in [0.29, 0.717) is 25.7 Å². The number of nitrogens with one attached hydrogen (secondary N) is 1. The minimum atomic E-state index is -0.0992. The Morgan fingerprint density at radius 1 is 1.43 bits per heavy atom. The van der Waals surface area contributed by atoms with E-state index < -0.39 is 0 Å². The Kier molecular flexibility index (Phi) is 4.04. The highest BCUT2D eigenvalue weighted by atomic mass is 16.5. The van der Waals surface area contributed by atoms with Crippen LogP contribution in [-0.2, 0) is 16.1 Å². The molecule has 0 spiro atoms. The highest BCUT2D eigenvalue weighted by Crippen LogP contribution is 2.47. The number of ether oxygens (including phenoxy) is 1. The smallest absolute Gasteiger partial charge is 0.229 e. The van der Waals surface area contributed by atoms with Crippen molar-refractivity contribution in [3.63, 3.8) is 0 Å². The number of furan rings is 1. The Bertz CT molecular complexity index is 513. The maximum Gasteiger partial charge on any atom is 0.229 e. The monoisotopic (exact) mass is 292 g/mol. The van der Waals surface area contributed by atoms with Crippen molar-refractivity contribution in [3.8, 4) is 0 Å². The Morgan fingerprint density at radius 3 is 2.86 bits per heavy atom. The second-order valence-electron chi connectivity index (χ2n) is 6.36. The van der Waals surface area contributed by atoms with Crippen LogP contribution in [0.5, 0.6) is 0 Å². The number of carbonyl (C=O) groups is 1. The summed E-state index contributed by atoms with van der Waals surface area (Å²) in [5, 5.41) is 3.15. The van der Waals surface area contributed by atoms with Crippen molar-refractivity contribution >= 4 is 5.91 Å². The molecule has 4 atom stereocenters. The third kappa shape index (κ3) is 2.99. The molecule has 1 aliphatic heterocycles. The first-order chi connectivity index (χ1) is 10.1. The molecule has 4 unspecified atom stereocenters. The highest BCUT2D eigenvalue weighted by Gasteiger charge is 2.37. The van der Waals surface area contributed by atoms with Crippen molar-refractivity contribution in [1.29, 1.82) is 0 Å². The van der Waals surface area contributed by atoms with Crippen LogP contribution in [0.25, 0.3) is 0 Å². The summed E-state index contributed by atoms with van der Waals surface area (Å²) in [5.74, 6) is 3.25. The predicted octanol–water partition coefficient (Wildman–Crippen LogP) is 1.60. The molecule has 0 radical (unpaired) electrons. The van der Waals surface area contributed by atoms with Gasteiger partial charge in [-0.05, 0) is 31.5 Å². The molecule has 2 fully saturated rings. The molecular formula is C16H24N2O3. The van der Waals surface area contributed by atoms with Gasteiger partial charge in [-0.3, -0.25) is 4.79 Å². The van der Waals surface area contributed by atoms with E-state index in [-0.39, 0.29) is 17.9 Å².